The number of nitrogens with zero attached hydrogens (tertiary/aromatic N) is 1. The fraction of sp³-hybridized carbons (Fsp3) is 0.133. The van der Waals surface area contributed by atoms with Crippen LogP contribution in [-0.4, -0.2) is 39.7 Å². The molecule has 3 amide bonds. The van der Waals surface area contributed by atoms with Crippen LogP contribution in [0, 0.1) is 0 Å². The molecule has 0 saturated heterocycles. The largest absolute Gasteiger partial charge is 0.480 e. The van der Waals surface area contributed by atoms with Crippen LogP contribution < -0.4 is 11.1 Å². The molecule has 0 saturated carbocycles. The molecule has 4 aromatic rings. The van der Waals surface area contributed by atoms with Gasteiger partial charge in [0.05, 0.1) is 6.26 Å². The fourth-order valence-electron chi connectivity index (χ4n) is 4.11. The Morgan fingerprint density at radius 1 is 0.846 bits per heavy atom. The molecule has 0 fully saturated rings. The van der Waals surface area contributed by atoms with Crippen molar-refractivity contribution in [2.24, 2.45) is 5.73 Å². The number of carbonyl (C=O) groups excluding carboxylic acids is 3. The van der Waals surface area contributed by atoms with E-state index >= 15 is 0 Å². The van der Waals surface area contributed by atoms with Gasteiger partial charge in [0.15, 0.2) is 5.76 Å². The highest BCUT2D eigenvalue weighted by Crippen LogP contribution is 2.24. The molecule has 39 heavy (non-hydrogen) atoms. The Morgan fingerprint density at radius 3 is 2.05 bits per heavy atom. The second kappa shape index (κ2) is 12.4. The second-order valence-corrected chi connectivity index (χ2v) is 8.86. The van der Waals surface area contributed by atoms with Gasteiger partial charge < -0.3 is 25.5 Å². The molecule has 0 radical (unpaired) electrons. The molecule has 0 aliphatic carbocycles. The average Bonchev–Trinajstić information content (AvgIpc) is 3.48. The summed E-state index contributed by atoms with van der Waals surface area (Å²) in [6.07, 6.45) is 1.17. The van der Waals surface area contributed by atoms with E-state index in [0.29, 0.717) is 11.3 Å². The van der Waals surface area contributed by atoms with Crippen LogP contribution in [0.25, 0.3) is 11.1 Å². The van der Waals surface area contributed by atoms with E-state index in [-0.39, 0.29) is 31.1 Å². The molecule has 4 rings (SSSR count). The number of furan rings is 1. The highest BCUT2D eigenvalue weighted by atomic mass is 16.4. The molecule has 0 aliphatic heterocycles. The topological polar surface area (TPSA) is 143 Å². The van der Waals surface area contributed by atoms with Crippen LogP contribution in [0.1, 0.15) is 39.3 Å². The number of hydrogen-bond donors (Lipinski definition) is 3. The summed E-state index contributed by atoms with van der Waals surface area (Å²) in [5.41, 5.74) is 8.59. The molecule has 0 aliphatic rings. The van der Waals surface area contributed by atoms with Gasteiger partial charge in [-0.3, -0.25) is 14.4 Å². The molecule has 1 atom stereocenters. The van der Waals surface area contributed by atoms with E-state index in [1.165, 1.54) is 11.2 Å². The minimum atomic E-state index is -1.23. The van der Waals surface area contributed by atoms with E-state index in [4.69, 9.17) is 10.2 Å². The van der Waals surface area contributed by atoms with Crippen molar-refractivity contribution in [1.82, 2.24) is 4.90 Å². The number of carbonyl (C=O) groups is 4. The number of carboxylic acids is 1. The minimum absolute atomic E-state index is 0.0579. The maximum absolute atomic E-state index is 13.5. The summed E-state index contributed by atoms with van der Waals surface area (Å²) < 4.78 is 5.10. The van der Waals surface area contributed by atoms with Crippen molar-refractivity contribution < 1.29 is 28.7 Å². The summed E-state index contributed by atoms with van der Waals surface area (Å²) >= 11 is 0. The normalized spacial score (nSPS) is 11.4. The first kappa shape index (κ1) is 26.9. The van der Waals surface area contributed by atoms with Gasteiger partial charge >= 0.3 is 5.97 Å². The van der Waals surface area contributed by atoms with Crippen molar-refractivity contribution >= 4 is 29.4 Å². The Morgan fingerprint density at radius 2 is 1.49 bits per heavy atom. The van der Waals surface area contributed by atoms with Crippen molar-refractivity contribution in [3.8, 4) is 11.1 Å². The highest BCUT2D eigenvalue weighted by molar-refractivity contribution is 6.02. The lowest BCUT2D eigenvalue weighted by Crippen LogP contribution is -2.45. The van der Waals surface area contributed by atoms with Gasteiger partial charge in [-0.05, 0) is 59.5 Å². The van der Waals surface area contributed by atoms with Gasteiger partial charge in [0, 0.05) is 24.2 Å². The van der Waals surface area contributed by atoms with Crippen molar-refractivity contribution in [2.45, 2.75) is 25.4 Å². The number of rotatable bonds is 11. The number of nitrogens with two attached hydrogens (primary N) is 1. The Hall–Kier alpha value is -5.18. The van der Waals surface area contributed by atoms with E-state index in [9.17, 15) is 24.3 Å². The number of carboxylic acid groups (broad SMARTS) is 1. The lowest BCUT2D eigenvalue weighted by atomic mass is 10.0. The minimum Gasteiger partial charge on any atom is -0.480 e. The lowest BCUT2D eigenvalue weighted by Gasteiger charge is -2.29. The molecule has 1 aromatic heterocycles. The van der Waals surface area contributed by atoms with Crippen LogP contribution >= 0.6 is 0 Å². The third-order valence-electron chi connectivity index (χ3n) is 6.13. The van der Waals surface area contributed by atoms with Gasteiger partial charge in [-0.25, -0.2) is 4.79 Å². The van der Waals surface area contributed by atoms with Crippen LogP contribution in [0.15, 0.2) is 102 Å². The zero-order valence-electron chi connectivity index (χ0n) is 20.9. The predicted molar refractivity (Wildman–Crippen MR) is 145 cm³/mol. The molecular weight excluding hydrogens is 498 g/mol. The van der Waals surface area contributed by atoms with Crippen LogP contribution in [0.5, 0.6) is 0 Å². The Bertz CT molecular complexity index is 1430. The number of hydrogen-bond acceptors (Lipinski definition) is 5. The zero-order valence-corrected chi connectivity index (χ0v) is 20.9. The van der Waals surface area contributed by atoms with Crippen LogP contribution in [0.2, 0.25) is 0 Å². The van der Waals surface area contributed by atoms with E-state index in [2.05, 4.69) is 5.32 Å². The Kier molecular flexibility index (Phi) is 8.53. The zero-order chi connectivity index (χ0) is 27.8. The van der Waals surface area contributed by atoms with Crippen LogP contribution in [0.4, 0.5) is 5.69 Å². The maximum Gasteiger partial charge on any atom is 0.326 e. The first-order valence-electron chi connectivity index (χ1n) is 12.2. The fourth-order valence-corrected chi connectivity index (χ4v) is 4.11. The number of primary amides is 1. The number of benzene rings is 3. The van der Waals surface area contributed by atoms with E-state index < -0.39 is 23.8 Å². The van der Waals surface area contributed by atoms with Gasteiger partial charge in [-0.15, -0.1) is 0 Å². The summed E-state index contributed by atoms with van der Waals surface area (Å²) in [5, 5.41) is 12.6. The maximum atomic E-state index is 13.5. The molecule has 198 valence electrons. The summed E-state index contributed by atoms with van der Waals surface area (Å²) in [4.78, 5) is 50.4. The number of anilines is 1. The number of aliphatic carboxylic acids is 1. The van der Waals surface area contributed by atoms with Gasteiger partial charge in [-0.1, -0.05) is 54.6 Å². The number of nitrogens with one attached hydrogen (secondary N) is 1. The third-order valence-corrected chi connectivity index (χ3v) is 6.13. The Balaban J connectivity index is 1.52. The smallest absolute Gasteiger partial charge is 0.326 e. The van der Waals surface area contributed by atoms with Crippen molar-refractivity contribution in [2.75, 3.05) is 5.32 Å². The molecule has 3 aromatic carbocycles. The molecule has 0 unspecified atom stereocenters. The second-order valence-electron chi connectivity index (χ2n) is 8.86. The molecule has 1 heterocycles. The van der Waals surface area contributed by atoms with Crippen molar-refractivity contribution in [3.05, 3.63) is 114 Å². The first-order valence-corrected chi connectivity index (χ1v) is 12.2. The van der Waals surface area contributed by atoms with E-state index in [1.54, 1.807) is 72.8 Å². The SMILES string of the molecule is NC(=O)CC[C@@H](C(=O)O)N(Cc1ccccc1)C(=O)c1ccc(-c2ccc(NC(=O)c3ccco3)cc2)cc1. The highest BCUT2D eigenvalue weighted by Gasteiger charge is 2.30. The predicted octanol–water partition coefficient (Wildman–Crippen LogP) is 4.56. The summed E-state index contributed by atoms with van der Waals surface area (Å²) in [5.74, 6) is -2.47. The average molecular weight is 526 g/mol. The summed E-state index contributed by atoms with van der Waals surface area (Å²) in [7, 11) is 0. The molecule has 9 nitrogen and oxygen atoms in total. The van der Waals surface area contributed by atoms with Gasteiger partial charge in [-0.2, -0.15) is 0 Å². The van der Waals surface area contributed by atoms with Crippen LogP contribution in [0.3, 0.4) is 0 Å². The van der Waals surface area contributed by atoms with E-state index in [0.717, 1.165) is 16.7 Å². The van der Waals surface area contributed by atoms with Crippen molar-refractivity contribution in [3.63, 3.8) is 0 Å². The summed E-state index contributed by atoms with van der Waals surface area (Å²) in [6, 6.07) is 25.0. The molecule has 0 bridgehead atoms. The monoisotopic (exact) mass is 525 g/mol. The standard InChI is InChI=1S/C30H27N3O6/c31-27(34)17-16-25(30(37)38)33(19-20-5-2-1-3-6-20)29(36)23-10-8-21(9-11-23)22-12-14-24(15-13-22)32-28(35)26-7-4-18-39-26/h1-15,18,25H,16-17,19H2,(H2,31,34)(H,32,35)(H,37,38)/t25-/m0/s1. The quantitative estimate of drug-likeness (QED) is 0.262. The van der Waals surface area contributed by atoms with Gasteiger partial charge in [0.2, 0.25) is 5.91 Å². The van der Waals surface area contributed by atoms with Gasteiger partial charge in [0.1, 0.15) is 6.04 Å². The van der Waals surface area contributed by atoms with E-state index in [1.807, 2.05) is 18.2 Å². The third kappa shape index (κ3) is 6.98. The lowest BCUT2D eigenvalue weighted by molar-refractivity contribution is -0.143. The van der Waals surface area contributed by atoms with Gasteiger partial charge in [0.25, 0.3) is 11.8 Å². The molecule has 9 heteroatoms. The first-order chi connectivity index (χ1) is 18.8. The molecular formula is C30H27N3O6. The summed E-state index contributed by atoms with van der Waals surface area (Å²) in [6.45, 7) is 0.0579. The molecule has 4 N–H and O–H groups in total. The Labute approximate surface area is 224 Å². The van der Waals surface area contributed by atoms with Crippen molar-refractivity contribution in [1.29, 1.82) is 0 Å². The van der Waals surface area contributed by atoms with Crippen LogP contribution in [-0.2, 0) is 16.1 Å². The molecule has 0 spiro atoms. The number of amides is 3.